The number of benzene rings is 1. The predicted octanol–water partition coefficient (Wildman–Crippen LogP) is 1.44. The van der Waals surface area contributed by atoms with E-state index in [4.69, 9.17) is 4.74 Å². The maximum Gasteiger partial charge on any atom is 0.309 e. The number of nitrogens with zero attached hydrogens (tertiary/aromatic N) is 1. The number of nitrogens with one attached hydrogen (secondary N) is 1. The lowest BCUT2D eigenvalue weighted by Crippen LogP contribution is -2.35. The third-order valence-corrected chi connectivity index (χ3v) is 3.32. The van der Waals surface area contributed by atoms with Gasteiger partial charge in [-0.25, -0.2) is 0 Å². The van der Waals surface area contributed by atoms with Crippen LogP contribution in [0.5, 0.6) is 0 Å². The van der Waals surface area contributed by atoms with Crippen molar-refractivity contribution in [2.45, 2.75) is 25.9 Å². The summed E-state index contributed by atoms with van der Waals surface area (Å²) in [5.41, 5.74) is 2.18. The zero-order valence-corrected chi connectivity index (χ0v) is 12.3. The Morgan fingerprint density at radius 2 is 1.95 bits per heavy atom. The van der Waals surface area contributed by atoms with Crippen LogP contribution in [0.2, 0.25) is 0 Å². The fourth-order valence-electron chi connectivity index (χ4n) is 1.73. The number of carbonyl (C=O) groups excluding carboxylic acids is 1. The molecule has 1 atom stereocenters. The molecule has 0 fully saturated rings. The van der Waals surface area contributed by atoms with Gasteiger partial charge in [0.05, 0.1) is 13.5 Å². The lowest BCUT2D eigenvalue weighted by molar-refractivity contribution is -0.139. The Bertz CT molecular complexity index is 405. The number of carbonyl (C=O) groups is 1. The lowest BCUT2D eigenvalue weighted by Gasteiger charge is -2.20. The molecule has 106 valence electrons. The van der Waals surface area contributed by atoms with Crippen molar-refractivity contribution >= 4 is 5.97 Å². The molecular weight excluding hydrogens is 240 g/mol. The molecule has 1 aromatic rings. The fourth-order valence-corrected chi connectivity index (χ4v) is 1.73. The molecule has 0 saturated carbocycles. The highest BCUT2D eigenvalue weighted by Crippen LogP contribution is 2.10. The van der Waals surface area contributed by atoms with E-state index < -0.39 is 0 Å². The van der Waals surface area contributed by atoms with Gasteiger partial charge in [-0.15, -0.1) is 0 Å². The van der Waals surface area contributed by atoms with Crippen LogP contribution in [0.15, 0.2) is 24.3 Å². The molecule has 0 bridgehead atoms. The van der Waals surface area contributed by atoms with Gasteiger partial charge in [-0.05, 0) is 32.1 Å². The third-order valence-electron chi connectivity index (χ3n) is 3.32. The molecule has 0 heterocycles. The summed E-state index contributed by atoms with van der Waals surface area (Å²) in [5, 5.41) is 3.42. The highest BCUT2D eigenvalue weighted by atomic mass is 16.5. The summed E-state index contributed by atoms with van der Waals surface area (Å²) in [6, 6.07) is 8.44. The molecule has 4 nitrogen and oxygen atoms in total. The summed E-state index contributed by atoms with van der Waals surface area (Å²) in [6.45, 7) is 3.86. The molecule has 0 radical (unpaired) electrons. The molecule has 0 amide bonds. The van der Waals surface area contributed by atoms with Gasteiger partial charge in [-0.2, -0.15) is 0 Å². The quantitative estimate of drug-likeness (QED) is 0.757. The Kier molecular flexibility index (Phi) is 6.53. The van der Waals surface area contributed by atoms with Crippen LogP contribution < -0.4 is 5.32 Å². The largest absolute Gasteiger partial charge is 0.469 e. The van der Waals surface area contributed by atoms with Crippen molar-refractivity contribution in [2.75, 3.05) is 27.7 Å². The van der Waals surface area contributed by atoms with Gasteiger partial charge in [0.1, 0.15) is 0 Å². The van der Waals surface area contributed by atoms with E-state index in [1.807, 2.05) is 24.3 Å². The Morgan fingerprint density at radius 3 is 2.53 bits per heavy atom. The first-order valence-electron chi connectivity index (χ1n) is 6.55. The molecule has 1 unspecified atom stereocenters. The lowest BCUT2D eigenvalue weighted by atomic mass is 10.0. The minimum atomic E-state index is -0.200. The summed E-state index contributed by atoms with van der Waals surface area (Å²) < 4.78 is 4.72. The van der Waals surface area contributed by atoms with Gasteiger partial charge in [-0.3, -0.25) is 4.79 Å². The van der Waals surface area contributed by atoms with Gasteiger partial charge in [0.2, 0.25) is 0 Å². The van der Waals surface area contributed by atoms with E-state index in [1.165, 1.54) is 7.11 Å². The van der Waals surface area contributed by atoms with Crippen molar-refractivity contribution in [2.24, 2.45) is 0 Å². The van der Waals surface area contributed by atoms with Crippen LogP contribution in [0.25, 0.3) is 0 Å². The molecule has 1 aromatic carbocycles. The molecular formula is C15H24N2O2. The number of hydrogen-bond donors (Lipinski definition) is 1. The second-order valence-corrected chi connectivity index (χ2v) is 4.97. The minimum absolute atomic E-state index is 0.200. The summed E-state index contributed by atoms with van der Waals surface area (Å²) >= 11 is 0. The Morgan fingerprint density at radius 1 is 1.32 bits per heavy atom. The Balaban J connectivity index is 2.55. The first-order chi connectivity index (χ1) is 9.04. The van der Waals surface area contributed by atoms with Crippen LogP contribution in [0.1, 0.15) is 18.1 Å². The molecule has 0 aliphatic heterocycles. The molecule has 0 aliphatic rings. The zero-order chi connectivity index (χ0) is 14.3. The zero-order valence-electron chi connectivity index (χ0n) is 12.3. The van der Waals surface area contributed by atoms with E-state index in [0.717, 1.165) is 24.2 Å². The smallest absolute Gasteiger partial charge is 0.309 e. The van der Waals surface area contributed by atoms with Gasteiger partial charge in [0.15, 0.2) is 0 Å². The van der Waals surface area contributed by atoms with Gasteiger partial charge in [0.25, 0.3) is 0 Å². The van der Waals surface area contributed by atoms with Crippen LogP contribution in [-0.4, -0.2) is 44.7 Å². The minimum Gasteiger partial charge on any atom is -0.469 e. The number of methoxy groups -OCH3 is 1. The number of rotatable bonds is 7. The molecule has 0 aromatic heterocycles. The van der Waals surface area contributed by atoms with E-state index in [-0.39, 0.29) is 5.97 Å². The average molecular weight is 264 g/mol. The first-order valence-corrected chi connectivity index (χ1v) is 6.55. The third kappa shape index (κ3) is 5.41. The van der Waals surface area contributed by atoms with Crippen molar-refractivity contribution in [1.29, 1.82) is 0 Å². The van der Waals surface area contributed by atoms with Crippen LogP contribution in [0, 0.1) is 0 Å². The Hall–Kier alpha value is -1.39. The van der Waals surface area contributed by atoms with Crippen LogP contribution in [0.3, 0.4) is 0 Å². The van der Waals surface area contributed by atoms with E-state index in [2.05, 4.69) is 31.2 Å². The topological polar surface area (TPSA) is 41.6 Å². The normalized spacial score (nSPS) is 12.5. The van der Waals surface area contributed by atoms with E-state index >= 15 is 0 Å². The van der Waals surface area contributed by atoms with Crippen molar-refractivity contribution in [1.82, 2.24) is 10.2 Å². The molecule has 0 spiro atoms. The van der Waals surface area contributed by atoms with Crippen molar-refractivity contribution in [3.63, 3.8) is 0 Å². The van der Waals surface area contributed by atoms with E-state index in [9.17, 15) is 4.79 Å². The second-order valence-electron chi connectivity index (χ2n) is 4.97. The molecule has 1 rings (SSSR count). The molecule has 4 heteroatoms. The number of likely N-dealkylation sites (N-methyl/N-ethyl adjacent to an activating group) is 1. The number of hydrogen-bond acceptors (Lipinski definition) is 4. The summed E-state index contributed by atoms with van der Waals surface area (Å²) in [7, 11) is 5.55. The average Bonchev–Trinajstić information content (AvgIpc) is 2.40. The maximum atomic E-state index is 11.4. The van der Waals surface area contributed by atoms with E-state index in [1.54, 1.807) is 0 Å². The van der Waals surface area contributed by atoms with Crippen molar-refractivity contribution in [3.8, 4) is 0 Å². The van der Waals surface area contributed by atoms with E-state index in [0.29, 0.717) is 12.5 Å². The van der Waals surface area contributed by atoms with Crippen LogP contribution >= 0.6 is 0 Å². The number of esters is 1. The molecule has 19 heavy (non-hydrogen) atoms. The molecule has 0 aliphatic carbocycles. The summed E-state index contributed by atoms with van der Waals surface area (Å²) in [4.78, 5) is 13.5. The first kappa shape index (κ1) is 15.7. The molecule has 1 N–H and O–H groups in total. The number of ether oxygens (including phenoxy) is 1. The van der Waals surface area contributed by atoms with Crippen LogP contribution in [-0.2, 0) is 22.5 Å². The maximum absolute atomic E-state index is 11.4. The highest BCUT2D eigenvalue weighted by Gasteiger charge is 2.08. The van der Waals surface area contributed by atoms with Crippen LogP contribution in [0.4, 0.5) is 0 Å². The highest BCUT2D eigenvalue weighted by molar-refractivity contribution is 5.72. The predicted molar refractivity (Wildman–Crippen MR) is 77.0 cm³/mol. The summed E-state index contributed by atoms with van der Waals surface area (Å²) in [5.74, 6) is -0.200. The Labute approximate surface area is 115 Å². The second kappa shape index (κ2) is 7.92. The standard InChI is InChI=1S/C15H24N2O2/c1-12(17(2)3)10-16-11-14-8-6-5-7-13(14)9-15(18)19-4/h5-8,12,16H,9-11H2,1-4H3. The van der Waals surface area contributed by atoms with Gasteiger partial charge < -0.3 is 15.0 Å². The SMILES string of the molecule is COC(=O)Cc1ccccc1CNCC(C)N(C)C. The monoisotopic (exact) mass is 264 g/mol. The van der Waals surface area contributed by atoms with Gasteiger partial charge in [-0.1, -0.05) is 24.3 Å². The van der Waals surface area contributed by atoms with Gasteiger partial charge >= 0.3 is 5.97 Å². The van der Waals surface area contributed by atoms with Gasteiger partial charge in [0, 0.05) is 19.1 Å². The molecule has 0 saturated heterocycles. The van der Waals surface area contributed by atoms with Crippen molar-refractivity contribution < 1.29 is 9.53 Å². The summed E-state index contributed by atoms with van der Waals surface area (Å²) in [6.07, 6.45) is 0.331. The van der Waals surface area contributed by atoms with Crippen molar-refractivity contribution in [3.05, 3.63) is 35.4 Å². The fraction of sp³-hybridized carbons (Fsp3) is 0.533.